The molecule has 0 fully saturated rings. The standard InChI is InChI=1S/C9H16OSi/c1-5-6-9(10)7-8-11(2,3)4/h5-8H,1-4H3/b6-5-,8-7+. The van der Waals surface area contributed by atoms with Gasteiger partial charge in [-0.3, -0.25) is 4.79 Å². The van der Waals surface area contributed by atoms with E-state index in [0.29, 0.717) is 0 Å². The quantitative estimate of drug-likeness (QED) is 0.467. The van der Waals surface area contributed by atoms with Crippen molar-refractivity contribution in [3.63, 3.8) is 0 Å². The first-order valence-electron chi connectivity index (χ1n) is 3.81. The first kappa shape index (κ1) is 10.4. The third kappa shape index (κ3) is 7.26. The lowest BCUT2D eigenvalue weighted by Gasteiger charge is -2.06. The third-order valence-electron chi connectivity index (χ3n) is 1.08. The van der Waals surface area contributed by atoms with Crippen molar-refractivity contribution < 1.29 is 4.79 Å². The van der Waals surface area contributed by atoms with Crippen LogP contribution in [0.3, 0.4) is 0 Å². The van der Waals surface area contributed by atoms with Crippen LogP contribution in [-0.4, -0.2) is 13.9 Å². The molecule has 0 saturated heterocycles. The Morgan fingerprint density at radius 2 is 1.73 bits per heavy atom. The Kier molecular flexibility index (Phi) is 4.04. The Morgan fingerprint density at radius 1 is 1.18 bits per heavy atom. The molecule has 0 aromatic carbocycles. The molecule has 62 valence electrons. The smallest absolute Gasteiger partial charge is 0.177 e. The number of hydrogen-bond donors (Lipinski definition) is 0. The summed E-state index contributed by atoms with van der Waals surface area (Å²) in [4.78, 5) is 10.9. The molecule has 0 unspecified atom stereocenters. The maximum atomic E-state index is 10.9. The van der Waals surface area contributed by atoms with Crippen LogP contribution in [0.5, 0.6) is 0 Å². The maximum absolute atomic E-state index is 10.9. The van der Waals surface area contributed by atoms with Gasteiger partial charge in [-0.25, -0.2) is 0 Å². The molecule has 0 aliphatic heterocycles. The molecule has 0 aromatic heterocycles. The molecule has 0 N–H and O–H groups in total. The minimum atomic E-state index is -1.18. The van der Waals surface area contributed by atoms with Gasteiger partial charge in [0.2, 0.25) is 0 Å². The van der Waals surface area contributed by atoms with Gasteiger partial charge in [0, 0.05) is 0 Å². The number of carbonyl (C=O) groups is 1. The lowest BCUT2D eigenvalue weighted by Crippen LogP contribution is -2.15. The van der Waals surface area contributed by atoms with Crippen molar-refractivity contribution in [2.45, 2.75) is 26.6 Å². The first-order valence-corrected chi connectivity index (χ1v) is 7.39. The number of rotatable bonds is 3. The Hall–Kier alpha value is -0.633. The second-order valence-corrected chi connectivity index (χ2v) is 8.67. The number of ketones is 1. The van der Waals surface area contributed by atoms with Crippen LogP contribution in [-0.2, 0) is 4.79 Å². The molecular formula is C9H16OSi. The zero-order valence-electron chi connectivity index (χ0n) is 7.72. The fourth-order valence-electron chi connectivity index (χ4n) is 0.552. The molecule has 0 atom stereocenters. The molecule has 0 bridgehead atoms. The highest BCUT2D eigenvalue weighted by molar-refractivity contribution is 6.81. The Morgan fingerprint density at radius 3 is 2.09 bits per heavy atom. The van der Waals surface area contributed by atoms with E-state index in [-0.39, 0.29) is 5.78 Å². The molecule has 0 aliphatic rings. The van der Waals surface area contributed by atoms with Gasteiger partial charge < -0.3 is 0 Å². The summed E-state index contributed by atoms with van der Waals surface area (Å²) in [6.07, 6.45) is 5.01. The highest BCUT2D eigenvalue weighted by atomic mass is 28.3. The largest absolute Gasteiger partial charge is 0.290 e. The molecule has 0 heterocycles. The first-order chi connectivity index (χ1) is 4.95. The van der Waals surface area contributed by atoms with Crippen molar-refractivity contribution >= 4 is 13.9 Å². The van der Waals surface area contributed by atoms with E-state index in [1.54, 1.807) is 18.2 Å². The normalized spacial score (nSPS) is 13.1. The van der Waals surface area contributed by atoms with Gasteiger partial charge in [-0.15, -0.1) is 0 Å². The topological polar surface area (TPSA) is 17.1 Å². The van der Waals surface area contributed by atoms with E-state index in [4.69, 9.17) is 0 Å². The number of carbonyl (C=O) groups excluding carboxylic acids is 1. The summed E-state index contributed by atoms with van der Waals surface area (Å²) in [5.74, 6) is 0.0925. The molecule has 0 aromatic rings. The molecular weight excluding hydrogens is 152 g/mol. The van der Waals surface area contributed by atoms with Crippen molar-refractivity contribution in [1.29, 1.82) is 0 Å². The lowest BCUT2D eigenvalue weighted by molar-refractivity contribution is -0.110. The van der Waals surface area contributed by atoms with E-state index >= 15 is 0 Å². The van der Waals surface area contributed by atoms with Crippen LogP contribution in [0.15, 0.2) is 23.9 Å². The summed E-state index contributed by atoms with van der Waals surface area (Å²) in [5.41, 5.74) is 2.05. The van der Waals surface area contributed by atoms with E-state index in [1.807, 2.05) is 6.92 Å². The van der Waals surface area contributed by atoms with Crippen molar-refractivity contribution in [2.75, 3.05) is 0 Å². The number of hydrogen-bond acceptors (Lipinski definition) is 1. The molecule has 0 spiro atoms. The van der Waals surface area contributed by atoms with E-state index in [0.717, 1.165) is 0 Å². The summed E-state index contributed by atoms with van der Waals surface area (Å²) in [6.45, 7) is 8.45. The van der Waals surface area contributed by atoms with Crippen LogP contribution in [0.4, 0.5) is 0 Å². The van der Waals surface area contributed by atoms with Crippen molar-refractivity contribution in [1.82, 2.24) is 0 Å². The Labute approximate surface area is 69.8 Å². The predicted molar refractivity (Wildman–Crippen MR) is 52.3 cm³/mol. The van der Waals surface area contributed by atoms with Crippen LogP contribution in [0.25, 0.3) is 0 Å². The zero-order chi connectivity index (χ0) is 8.91. The molecule has 2 heteroatoms. The van der Waals surface area contributed by atoms with E-state index in [9.17, 15) is 4.79 Å². The van der Waals surface area contributed by atoms with Gasteiger partial charge in [0.15, 0.2) is 5.78 Å². The molecule has 0 saturated carbocycles. The van der Waals surface area contributed by atoms with Crippen LogP contribution in [0.2, 0.25) is 19.6 Å². The fraction of sp³-hybridized carbons (Fsp3) is 0.444. The van der Waals surface area contributed by atoms with Gasteiger partial charge in [0.25, 0.3) is 0 Å². The minimum absolute atomic E-state index is 0.0925. The van der Waals surface area contributed by atoms with Gasteiger partial charge in [-0.1, -0.05) is 31.4 Å². The fourth-order valence-corrected chi connectivity index (χ4v) is 1.22. The molecule has 1 nitrogen and oxygen atoms in total. The second kappa shape index (κ2) is 4.29. The lowest BCUT2D eigenvalue weighted by atomic mass is 10.3. The maximum Gasteiger partial charge on any atom is 0.177 e. The average molecular weight is 168 g/mol. The van der Waals surface area contributed by atoms with Crippen LogP contribution in [0, 0.1) is 0 Å². The van der Waals surface area contributed by atoms with Crippen LogP contribution < -0.4 is 0 Å². The van der Waals surface area contributed by atoms with Crippen molar-refractivity contribution in [3.8, 4) is 0 Å². The summed E-state index contributed by atoms with van der Waals surface area (Å²) in [5, 5.41) is 0. The third-order valence-corrected chi connectivity index (χ3v) is 2.25. The second-order valence-electron chi connectivity index (χ2n) is 3.60. The summed E-state index contributed by atoms with van der Waals surface area (Å²) < 4.78 is 0. The minimum Gasteiger partial charge on any atom is -0.290 e. The van der Waals surface area contributed by atoms with Crippen LogP contribution >= 0.6 is 0 Å². The van der Waals surface area contributed by atoms with E-state index in [1.165, 1.54) is 0 Å². The Balaban J connectivity index is 4.04. The van der Waals surface area contributed by atoms with E-state index < -0.39 is 8.07 Å². The molecule has 0 amide bonds. The summed E-state index contributed by atoms with van der Waals surface area (Å²) in [7, 11) is -1.18. The average Bonchev–Trinajstić information content (AvgIpc) is 1.83. The molecule has 11 heavy (non-hydrogen) atoms. The SMILES string of the molecule is C/C=C\C(=O)/C=C/[Si](C)(C)C. The Bertz CT molecular complexity index is 184. The summed E-state index contributed by atoms with van der Waals surface area (Å²) in [6, 6.07) is 0. The van der Waals surface area contributed by atoms with Gasteiger partial charge in [-0.05, 0) is 19.1 Å². The van der Waals surface area contributed by atoms with Gasteiger partial charge in [0.1, 0.15) is 0 Å². The highest BCUT2D eigenvalue weighted by Crippen LogP contribution is 2.01. The number of allylic oxidation sites excluding steroid dienone is 3. The van der Waals surface area contributed by atoms with E-state index in [2.05, 4.69) is 25.3 Å². The van der Waals surface area contributed by atoms with Crippen LogP contribution in [0.1, 0.15) is 6.92 Å². The predicted octanol–water partition coefficient (Wildman–Crippen LogP) is 2.57. The van der Waals surface area contributed by atoms with Crippen molar-refractivity contribution in [2.24, 2.45) is 0 Å². The monoisotopic (exact) mass is 168 g/mol. The van der Waals surface area contributed by atoms with Gasteiger partial charge in [-0.2, -0.15) is 0 Å². The highest BCUT2D eigenvalue weighted by Gasteiger charge is 2.06. The zero-order valence-corrected chi connectivity index (χ0v) is 8.72. The van der Waals surface area contributed by atoms with Crippen molar-refractivity contribution in [3.05, 3.63) is 23.9 Å². The summed E-state index contributed by atoms with van der Waals surface area (Å²) >= 11 is 0. The molecule has 0 rings (SSSR count). The molecule has 0 radical (unpaired) electrons. The molecule has 0 aliphatic carbocycles. The van der Waals surface area contributed by atoms with Gasteiger partial charge in [0.05, 0.1) is 8.07 Å². The van der Waals surface area contributed by atoms with Gasteiger partial charge >= 0.3 is 0 Å².